The van der Waals surface area contributed by atoms with Gasteiger partial charge in [-0.2, -0.15) is 0 Å². The van der Waals surface area contributed by atoms with Crippen LogP contribution in [0.5, 0.6) is 0 Å². The Hall–Kier alpha value is 0.200. The molecule has 1 heterocycles. The Kier molecular flexibility index (Phi) is 2.75. The minimum absolute atomic E-state index is 0.0972. The highest BCUT2D eigenvalue weighted by Gasteiger charge is 2.20. The van der Waals surface area contributed by atoms with Gasteiger partial charge in [-0.25, -0.2) is 0 Å². The van der Waals surface area contributed by atoms with Crippen LogP contribution in [0.3, 0.4) is 0 Å². The topological polar surface area (TPSA) is 18.5 Å². The molecule has 0 saturated carbocycles. The van der Waals surface area contributed by atoms with Gasteiger partial charge in [-0.1, -0.05) is 10.8 Å². The van der Waals surface area contributed by atoms with E-state index in [1.165, 1.54) is 0 Å². The average Bonchev–Trinajstić information content (AvgIpc) is 2.33. The molecule has 1 unspecified atom stereocenters. The van der Waals surface area contributed by atoms with Crippen molar-refractivity contribution < 1.29 is 9.47 Å². The Bertz CT molecular complexity index is 124. The van der Waals surface area contributed by atoms with Gasteiger partial charge in [-0.3, -0.25) is 0 Å². The summed E-state index contributed by atoms with van der Waals surface area (Å²) in [6.45, 7) is 0. The van der Waals surface area contributed by atoms with Crippen molar-refractivity contribution in [3.63, 3.8) is 0 Å². The largest absolute Gasteiger partial charge is 0.497 e. The molecule has 0 bridgehead atoms. The van der Waals surface area contributed by atoms with Gasteiger partial charge in [0.2, 0.25) is 0 Å². The van der Waals surface area contributed by atoms with E-state index in [4.69, 9.17) is 9.47 Å². The molecule has 52 valence electrons. The van der Waals surface area contributed by atoms with E-state index in [0.29, 0.717) is 0 Å². The molecule has 0 amide bonds. The Balaban J connectivity index is 2.47. The first-order valence-electron chi connectivity index (χ1n) is 2.47. The van der Waals surface area contributed by atoms with Crippen LogP contribution >= 0.6 is 21.6 Å². The van der Waals surface area contributed by atoms with Crippen molar-refractivity contribution in [1.82, 2.24) is 0 Å². The molecule has 1 aliphatic heterocycles. The Morgan fingerprint density at radius 2 is 2.33 bits per heavy atom. The number of ether oxygens (including phenoxy) is 2. The molecule has 4 heteroatoms. The molecule has 0 aliphatic carbocycles. The summed E-state index contributed by atoms with van der Waals surface area (Å²) in [5.41, 5.74) is 0.0972. The lowest BCUT2D eigenvalue weighted by molar-refractivity contribution is 0.139. The molecule has 0 aromatic rings. The van der Waals surface area contributed by atoms with Crippen LogP contribution in [0, 0.1) is 0 Å². The summed E-state index contributed by atoms with van der Waals surface area (Å²) in [6, 6.07) is 0. The molecule has 0 saturated heterocycles. The predicted octanol–water partition coefficient (Wildman–Crippen LogP) is 1.84. The molecule has 1 aliphatic rings. The molecular weight excluding hydrogens is 156 g/mol. The van der Waals surface area contributed by atoms with E-state index in [9.17, 15) is 0 Å². The standard InChI is InChI=1S/C5H8O2S2/c1-6-4-3-8-9-5(4)7-2/h3,5H,1-2H3. The summed E-state index contributed by atoms with van der Waals surface area (Å²) in [4.78, 5) is 0. The first-order valence-corrected chi connectivity index (χ1v) is 4.75. The predicted molar refractivity (Wildman–Crippen MR) is 41.1 cm³/mol. The molecule has 0 aromatic carbocycles. The number of rotatable bonds is 2. The van der Waals surface area contributed by atoms with Crippen molar-refractivity contribution >= 4 is 21.6 Å². The van der Waals surface area contributed by atoms with E-state index in [2.05, 4.69) is 0 Å². The fourth-order valence-corrected chi connectivity index (χ4v) is 2.70. The molecule has 1 rings (SSSR count). The lowest BCUT2D eigenvalue weighted by Gasteiger charge is -2.08. The van der Waals surface area contributed by atoms with Crippen LogP contribution in [0.2, 0.25) is 0 Å². The molecule has 0 spiro atoms. The van der Waals surface area contributed by atoms with E-state index in [1.807, 2.05) is 5.41 Å². The maximum Gasteiger partial charge on any atom is 0.170 e. The van der Waals surface area contributed by atoms with Crippen molar-refractivity contribution in [1.29, 1.82) is 0 Å². The summed E-state index contributed by atoms with van der Waals surface area (Å²) in [5, 5.41) is 1.96. The minimum atomic E-state index is 0.0972. The Morgan fingerprint density at radius 3 is 2.78 bits per heavy atom. The normalized spacial score (nSPS) is 26.0. The Morgan fingerprint density at radius 1 is 1.56 bits per heavy atom. The quantitative estimate of drug-likeness (QED) is 0.579. The van der Waals surface area contributed by atoms with Crippen LogP contribution in [-0.4, -0.2) is 19.7 Å². The zero-order chi connectivity index (χ0) is 6.69. The lowest BCUT2D eigenvalue weighted by Crippen LogP contribution is -2.05. The van der Waals surface area contributed by atoms with Crippen LogP contribution in [0.25, 0.3) is 0 Å². The molecule has 0 radical (unpaired) electrons. The maximum atomic E-state index is 5.06. The van der Waals surface area contributed by atoms with Gasteiger partial charge in [0.05, 0.1) is 7.11 Å². The van der Waals surface area contributed by atoms with Gasteiger partial charge in [0.1, 0.15) is 5.76 Å². The van der Waals surface area contributed by atoms with Crippen LogP contribution in [0.15, 0.2) is 11.2 Å². The SMILES string of the molecule is COC1=CSSC1OC. The summed E-state index contributed by atoms with van der Waals surface area (Å²) in [6.07, 6.45) is 0. The van der Waals surface area contributed by atoms with Crippen molar-refractivity contribution in [2.24, 2.45) is 0 Å². The molecule has 0 N–H and O–H groups in total. The summed E-state index contributed by atoms with van der Waals surface area (Å²) >= 11 is 0. The van der Waals surface area contributed by atoms with Gasteiger partial charge in [-0.15, -0.1) is 0 Å². The molecule has 1 atom stereocenters. The number of methoxy groups -OCH3 is 2. The summed E-state index contributed by atoms with van der Waals surface area (Å²) < 4.78 is 10.1. The lowest BCUT2D eigenvalue weighted by atomic mass is 10.6. The van der Waals surface area contributed by atoms with Gasteiger partial charge in [0.25, 0.3) is 0 Å². The fraction of sp³-hybridized carbons (Fsp3) is 0.600. The van der Waals surface area contributed by atoms with Crippen molar-refractivity contribution in [2.75, 3.05) is 14.2 Å². The van der Waals surface area contributed by atoms with Gasteiger partial charge in [-0.05, 0) is 10.8 Å². The monoisotopic (exact) mass is 164 g/mol. The van der Waals surface area contributed by atoms with Crippen LogP contribution in [0.4, 0.5) is 0 Å². The van der Waals surface area contributed by atoms with Crippen molar-refractivity contribution in [2.45, 2.75) is 5.44 Å². The van der Waals surface area contributed by atoms with Crippen molar-refractivity contribution in [3.05, 3.63) is 11.2 Å². The highest BCUT2D eigenvalue weighted by molar-refractivity contribution is 8.78. The zero-order valence-corrected chi connectivity index (χ0v) is 6.92. The van der Waals surface area contributed by atoms with Crippen LogP contribution in [-0.2, 0) is 9.47 Å². The molecule has 0 aromatic heterocycles. The van der Waals surface area contributed by atoms with Crippen molar-refractivity contribution in [3.8, 4) is 0 Å². The molecule has 2 nitrogen and oxygen atoms in total. The third kappa shape index (κ3) is 1.56. The van der Waals surface area contributed by atoms with Crippen LogP contribution in [0.1, 0.15) is 0 Å². The number of hydrogen-bond donors (Lipinski definition) is 0. The van der Waals surface area contributed by atoms with E-state index >= 15 is 0 Å². The molecule has 9 heavy (non-hydrogen) atoms. The fourth-order valence-electron chi connectivity index (χ4n) is 0.528. The van der Waals surface area contributed by atoms with Gasteiger partial charge in [0.15, 0.2) is 5.44 Å². The zero-order valence-electron chi connectivity index (χ0n) is 5.29. The molecular formula is C5H8O2S2. The van der Waals surface area contributed by atoms with Crippen LogP contribution < -0.4 is 0 Å². The second-order valence-corrected chi connectivity index (χ2v) is 3.69. The summed E-state index contributed by atoms with van der Waals surface area (Å²) in [7, 11) is 6.63. The van der Waals surface area contributed by atoms with Gasteiger partial charge >= 0.3 is 0 Å². The highest BCUT2D eigenvalue weighted by atomic mass is 33.1. The average molecular weight is 164 g/mol. The Labute approximate surface area is 62.4 Å². The van der Waals surface area contributed by atoms with E-state index in [1.54, 1.807) is 35.8 Å². The maximum absolute atomic E-state index is 5.06. The van der Waals surface area contributed by atoms with E-state index < -0.39 is 0 Å². The third-order valence-corrected chi connectivity index (χ3v) is 3.17. The smallest absolute Gasteiger partial charge is 0.170 e. The third-order valence-electron chi connectivity index (χ3n) is 0.989. The second kappa shape index (κ2) is 3.39. The summed E-state index contributed by atoms with van der Waals surface area (Å²) in [5.74, 6) is 0.910. The van der Waals surface area contributed by atoms with Gasteiger partial charge < -0.3 is 9.47 Å². The molecule has 0 fully saturated rings. The minimum Gasteiger partial charge on any atom is -0.497 e. The second-order valence-electron chi connectivity index (χ2n) is 1.48. The van der Waals surface area contributed by atoms with E-state index in [-0.39, 0.29) is 5.44 Å². The van der Waals surface area contributed by atoms with Gasteiger partial charge in [0, 0.05) is 12.5 Å². The van der Waals surface area contributed by atoms with E-state index in [0.717, 1.165) is 5.76 Å². The number of hydrogen-bond acceptors (Lipinski definition) is 4. The highest BCUT2D eigenvalue weighted by Crippen LogP contribution is 2.40. The first kappa shape index (κ1) is 7.31. The first-order chi connectivity index (χ1) is 4.38.